The van der Waals surface area contributed by atoms with Gasteiger partial charge in [0.05, 0.1) is 20.3 Å². The zero-order chi connectivity index (χ0) is 19.6. The molecule has 2 aromatic rings. The maximum absolute atomic E-state index is 12.2. The number of benzene rings is 2. The fourth-order valence-corrected chi connectivity index (χ4v) is 2.92. The van der Waals surface area contributed by atoms with Crippen molar-refractivity contribution in [2.45, 2.75) is 12.5 Å². The van der Waals surface area contributed by atoms with Crippen molar-refractivity contribution in [2.24, 2.45) is 0 Å². The van der Waals surface area contributed by atoms with Gasteiger partial charge in [-0.25, -0.2) is 4.79 Å². The average Bonchev–Trinajstić information content (AvgIpc) is 2.68. The lowest BCUT2D eigenvalue weighted by Gasteiger charge is -2.25. The number of hydrogen-bond donors (Lipinski definition) is 2. The maximum Gasteiger partial charge on any atom is 0.314 e. The molecule has 0 saturated heterocycles. The first kappa shape index (κ1) is 20.6. The molecule has 27 heavy (non-hydrogen) atoms. The zero-order valence-electron chi connectivity index (χ0n) is 16.5. The van der Waals surface area contributed by atoms with E-state index < -0.39 is 0 Å². The minimum atomic E-state index is -0.181. The van der Waals surface area contributed by atoms with Gasteiger partial charge in [-0.1, -0.05) is 30.3 Å². The molecule has 0 saturated carbocycles. The number of methoxy groups -OCH3 is 2. The van der Waals surface area contributed by atoms with Crippen molar-refractivity contribution in [3.8, 4) is 11.5 Å². The number of carbonyl (C=O) groups excluding carboxylic acids is 1. The topological polar surface area (TPSA) is 62.8 Å². The summed E-state index contributed by atoms with van der Waals surface area (Å²) in [4.78, 5) is 14.2. The highest BCUT2D eigenvalue weighted by atomic mass is 16.5. The van der Waals surface area contributed by atoms with Gasteiger partial charge in [0, 0.05) is 13.1 Å². The summed E-state index contributed by atoms with van der Waals surface area (Å²) in [7, 11) is 7.28. The summed E-state index contributed by atoms with van der Waals surface area (Å²) in [6, 6.07) is 15.6. The van der Waals surface area contributed by atoms with Gasteiger partial charge in [-0.05, 0) is 49.8 Å². The van der Waals surface area contributed by atoms with Crippen LogP contribution in [-0.2, 0) is 6.42 Å². The zero-order valence-corrected chi connectivity index (χ0v) is 16.5. The van der Waals surface area contributed by atoms with Crippen molar-refractivity contribution in [2.75, 3.05) is 41.4 Å². The fourth-order valence-electron chi connectivity index (χ4n) is 2.92. The summed E-state index contributed by atoms with van der Waals surface area (Å²) in [5.74, 6) is 1.64. The highest BCUT2D eigenvalue weighted by Crippen LogP contribution is 2.22. The van der Waals surface area contributed by atoms with Crippen LogP contribution in [0.5, 0.6) is 11.5 Å². The van der Waals surface area contributed by atoms with Crippen LogP contribution in [0.2, 0.25) is 0 Å². The van der Waals surface area contributed by atoms with Gasteiger partial charge in [-0.2, -0.15) is 0 Å². The van der Waals surface area contributed by atoms with E-state index in [4.69, 9.17) is 9.47 Å². The van der Waals surface area contributed by atoms with Gasteiger partial charge in [-0.3, -0.25) is 0 Å². The highest BCUT2D eigenvalue weighted by molar-refractivity contribution is 5.73. The molecule has 6 nitrogen and oxygen atoms in total. The van der Waals surface area contributed by atoms with E-state index in [0.29, 0.717) is 19.5 Å². The number of ether oxygens (including phenoxy) is 2. The molecule has 0 aliphatic carbocycles. The van der Waals surface area contributed by atoms with Crippen LogP contribution in [-0.4, -0.2) is 52.3 Å². The first-order valence-corrected chi connectivity index (χ1v) is 8.99. The van der Waals surface area contributed by atoms with Crippen molar-refractivity contribution < 1.29 is 14.3 Å². The smallest absolute Gasteiger partial charge is 0.314 e. The van der Waals surface area contributed by atoms with Crippen LogP contribution < -0.4 is 20.1 Å². The Labute approximate surface area is 161 Å². The number of para-hydroxylation sites is 1. The molecule has 6 heteroatoms. The number of likely N-dealkylation sites (N-methyl/N-ethyl adjacent to an activating group) is 1. The number of nitrogens with one attached hydrogen (secondary N) is 2. The molecule has 1 atom stereocenters. The Morgan fingerprint density at radius 3 is 2.52 bits per heavy atom. The van der Waals surface area contributed by atoms with E-state index in [-0.39, 0.29) is 12.1 Å². The third-order valence-electron chi connectivity index (χ3n) is 4.43. The second kappa shape index (κ2) is 10.4. The van der Waals surface area contributed by atoms with Gasteiger partial charge < -0.3 is 25.0 Å². The van der Waals surface area contributed by atoms with Gasteiger partial charge in [0.2, 0.25) is 0 Å². The summed E-state index contributed by atoms with van der Waals surface area (Å²) in [5.41, 5.74) is 2.16. The third kappa shape index (κ3) is 6.18. The van der Waals surface area contributed by atoms with Crippen LogP contribution in [0.4, 0.5) is 4.79 Å². The van der Waals surface area contributed by atoms with E-state index in [9.17, 15) is 4.79 Å². The predicted octanol–water partition coefficient (Wildman–Crippen LogP) is 2.85. The summed E-state index contributed by atoms with van der Waals surface area (Å²) in [6.45, 7) is 1.04. The fraction of sp³-hybridized carbons (Fsp3) is 0.381. The number of carbonyl (C=O) groups is 1. The highest BCUT2D eigenvalue weighted by Gasteiger charge is 2.16. The summed E-state index contributed by atoms with van der Waals surface area (Å²) >= 11 is 0. The van der Waals surface area contributed by atoms with Crippen LogP contribution in [0, 0.1) is 0 Å². The molecule has 0 radical (unpaired) electrons. The van der Waals surface area contributed by atoms with E-state index in [1.54, 1.807) is 14.2 Å². The molecule has 0 aromatic heterocycles. The lowest BCUT2D eigenvalue weighted by Crippen LogP contribution is -2.41. The molecule has 0 aliphatic rings. The molecule has 0 fully saturated rings. The molecular weight excluding hydrogens is 342 g/mol. The van der Waals surface area contributed by atoms with E-state index >= 15 is 0 Å². The second-order valence-electron chi connectivity index (χ2n) is 6.45. The van der Waals surface area contributed by atoms with E-state index in [2.05, 4.69) is 15.5 Å². The Kier molecular flexibility index (Phi) is 7.95. The lowest BCUT2D eigenvalue weighted by molar-refractivity contribution is 0.233. The maximum atomic E-state index is 12.2. The first-order chi connectivity index (χ1) is 13.0. The van der Waals surface area contributed by atoms with Crippen molar-refractivity contribution in [1.82, 2.24) is 15.5 Å². The van der Waals surface area contributed by atoms with E-state index in [0.717, 1.165) is 22.6 Å². The number of nitrogens with zero attached hydrogens (tertiary/aromatic N) is 1. The molecule has 0 bridgehead atoms. The first-order valence-electron chi connectivity index (χ1n) is 8.99. The molecule has 1 unspecified atom stereocenters. The standard InChI is InChI=1S/C21H29N3O3/c1-24(2)19(17-9-7-10-18(14-17)26-3)15-23-21(25)22-13-12-16-8-5-6-11-20(16)27-4/h5-11,14,19H,12-13,15H2,1-4H3,(H2,22,23,25). The normalized spacial score (nSPS) is 11.7. The van der Waals surface area contributed by atoms with Gasteiger partial charge in [0.25, 0.3) is 0 Å². The van der Waals surface area contributed by atoms with Crippen LogP contribution in [0.1, 0.15) is 17.2 Å². The van der Waals surface area contributed by atoms with E-state index in [1.807, 2.05) is 62.6 Å². The molecule has 2 N–H and O–H groups in total. The molecule has 0 heterocycles. The average molecular weight is 371 g/mol. The van der Waals surface area contributed by atoms with Crippen molar-refractivity contribution in [1.29, 1.82) is 0 Å². The Hall–Kier alpha value is -2.73. The van der Waals surface area contributed by atoms with Gasteiger partial charge in [0.15, 0.2) is 0 Å². The van der Waals surface area contributed by atoms with Crippen molar-refractivity contribution in [3.05, 3.63) is 59.7 Å². The van der Waals surface area contributed by atoms with Crippen molar-refractivity contribution >= 4 is 6.03 Å². The summed E-state index contributed by atoms with van der Waals surface area (Å²) in [5, 5.41) is 5.85. The van der Waals surface area contributed by atoms with Gasteiger partial charge >= 0.3 is 6.03 Å². The van der Waals surface area contributed by atoms with Gasteiger partial charge in [0.1, 0.15) is 11.5 Å². The molecule has 2 rings (SSSR count). The van der Waals surface area contributed by atoms with Crippen LogP contribution in [0.25, 0.3) is 0 Å². The predicted molar refractivity (Wildman–Crippen MR) is 108 cm³/mol. The third-order valence-corrected chi connectivity index (χ3v) is 4.43. The minimum absolute atomic E-state index is 0.0556. The second-order valence-corrected chi connectivity index (χ2v) is 6.45. The molecule has 0 spiro atoms. The van der Waals surface area contributed by atoms with Gasteiger partial charge in [-0.15, -0.1) is 0 Å². The molecule has 2 amide bonds. The molecular formula is C21H29N3O3. The quantitative estimate of drug-likeness (QED) is 0.712. The Bertz CT molecular complexity index is 734. The number of hydrogen-bond acceptors (Lipinski definition) is 4. The Morgan fingerprint density at radius 1 is 1.04 bits per heavy atom. The molecule has 146 valence electrons. The SMILES string of the molecule is COc1cccc(C(CNC(=O)NCCc2ccccc2OC)N(C)C)c1. The van der Waals surface area contributed by atoms with Crippen LogP contribution in [0.15, 0.2) is 48.5 Å². The van der Waals surface area contributed by atoms with Crippen LogP contribution >= 0.6 is 0 Å². The molecule has 2 aromatic carbocycles. The minimum Gasteiger partial charge on any atom is -0.497 e. The molecule has 0 aliphatic heterocycles. The Balaban J connectivity index is 1.85. The summed E-state index contributed by atoms with van der Waals surface area (Å²) < 4.78 is 10.6. The number of urea groups is 1. The number of amides is 2. The summed E-state index contributed by atoms with van der Waals surface area (Å²) in [6.07, 6.45) is 0.713. The van der Waals surface area contributed by atoms with E-state index in [1.165, 1.54) is 0 Å². The lowest BCUT2D eigenvalue weighted by atomic mass is 10.1. The Morgan fingerprint density at radius 2 is 1.81 bits per heavy atom. The van der Waals surface area contributed by atoms with Crippen molar-refractivity contribution in [3.63, 3.8) is 0 Å². The monoisotopic (exact) mass is 371 g/mol. The van der Waals surface area contributed by atoms with Crippen LogP contribution in [0.3, 0.4) is 0 Å². The largest absolute Gasteiger partial charge is 0.497 e. The number of rotatable bonds is 9.